The summed E-state index contributed by atoms with van der Waals surface area (Å²) in [7, 11) is 0. The van der Waals surface area contributed by atoms with Crippen molar-refractivity contribution in [1.29, 1.82) is 0 Å². The standard InChI is InChI=1S/C34H71NO2/c1-3-5-7-9-11-13-15-17-19-21-23-25-27-33(29-31-36)35-34(30-32-37)28-26-24-22-20-18-16-14-12-10-8-6-4-2/h33-37H,3-32H2,1-2H3. The summed E-state index contributed by atoms with van der Waals surface area (Å²) in [6.45, 7) is 5.10. The predicted octanol–water partition coefficient (Wildman–Crippen LogP) is 10.3. The van der Waals surface area contributed by atoms with Gasteiger partial charge in [0.1, 0.15) is 0 Å². The molecule has 0 saturated heterocycles. The molecule has 0 aliphatic rings. The number of hydrogen-bond donors (Lipinski definition) is 3. The Kier molecular flexibility index (Phi) is 32.0. The lowest BCUT2D eigenvalue weighted by Gasteiger charge is -2.25. The topological polar surface area (TPSA) is 52.5 Å². The first-order valence-corrected chi connectivity index (χ1v) is 17.3. The smallest absolute Gasteiger partial charge is 0.0445 e. The molecule has 0 spiro atoms. The molecular weight excluding hydrogens is 454 g/mol. The van der Waals surface area contributed by atoms with Gasteiger partial charge in [-0.15, -0.1) is 0 Å². The molecule has 0 bridgehead atoms. The summed E-state index contributed by atoms with van der Waals surface area (Å²) in [5.74, 6) is 0. The Balaban J connectivity index is 3.79. The Morgan fingerprint density at radius 1 is 0.351 bits per heavy atom. The molecule has 0 fully saturated rings. The normalized spacial score (nSPS) is 13.3. The maximum atomic E-state index is 9.57. The minimum absolute atomic E-state index is 0.264. The number of nitrogens with one attached hydrogen (secondary N) is 1. The van der Waals surface area contributed by atoms with Crippen LogP contribution >= 0.6 is 0 Å². The van der Waals surface area contributed by atoms with E-state index in [1.54, 1.807) is 0 Å². The van der Waals surface area contributed by atoms with Crippen molar-refractivity contribution in [1.82, 2.24) is 5.32 Å². The lowest BCUT2D eigenvalue weighted by molar-refractivity contribution is 0.224. The van der Waals surface area contributed by atoms with Gasteiger partial charge in [-0.25, -0.2) is 0 Å². The third-order valence-corrected chi connectivity index (χ3v) is 8.24. The highest BCUT2D eigenvalue weighted by Crippen LogP contribution is 2.17. The zero-order chi connectivity index (χ0) is 27.1. The summed E-state index contributed by atoms with van der Waals surface area (Å²) in [5.41, 5.74) is 0. The first-order valence-electron chi connectivity index (χ1n) is 17.3. The minimum atomic E-state index is 0.264. The van der Waals surface area contributed by atoms with Crippen LogP contribution in [0.5, 0.6) is 0 Å². The highest BCUT2D eigenvalue weighted by molar-refractivity contribution is 4.75. The largest absolute Gasteiger partial charge is 0.396 e. The van der Waals surface area contributed by atoms with E-state index in [0.717, 1.165) is 12.8 Å². The maximum Gasteiger partial charge on any atom is 0.0445 e. The molecule has 0 amide bonds. The van der Waals surface area contributed by atoms with Crippen LogP contribution in [0.3, 0.4) is 0 Å². The van der Waals surface area contributed by atoms with Crippen molar-refractivity contribution in [3.8, 4) is 0 Å². The first kappa shape index (κ1) is 36.9. The zero-order valence-electron chi connectivity index (χ0n) is 25.8. The number of aliphatic hydroxyl groups is 2. The van der Waals surface area contributed by atoms with E-state index in [4.69, 9.17) is 0 Å². The highest BCUT2D eigenvalue weighted by atomic mass is 16.3. The molecule has 0 rings (SSSR count). The molecule has 0 radical (unpaired) electrons. The van der Waals surface area contributed by atoms with Crippen molar-refractivity contribution >= 4 is 0 Å². The van der Waals surface area contributed by atoms with Crippen LogP contribution in [0.4, 0.5) is 0 Å². The maximum absolute atomic E-state index is 9.57. The summed E-state index contributed by atoms with van der Waals surface area (Å²) in [6.07, 6.45) is 37.3. The summed E-state index contributed by atoms with van der Waals surface area (Å²) < 4.78 is 0. The molecule has 3 N–H and O–H groups in total. The zero-order valence-corrected chi connectivity index (χ0v) is 25.8. The molecule has 3 heteroatoms. The van der Waals surface area contributed by atoms with Crippen LogP contribution in [0.1, 0.15) is 194 Å². The molecule has 0 aromatic carbocycles. The van der Waals surface area contributed by atoms with E-state index in [1.807, 2.05) is 0 Å². The lowest BCUT2D eigenvalue weighted by Crippen LogP contribution is -2.39. The van der Waals surface area contributed by atoms with Crippen LogP contribution in [0.25, 0.3) is 0 Å². The molecule has 2 unspecified atom stereocenters. The van der Waals surface area contributed by atoms with Crippen LogP contribution in [0, 0.1) is 0 Å². The van der Waals surface area contributed by atoms with Gasteiger partial charge in [0.2, 0.25) is 0 Å². The van der Waals surface area contributed by atoms with Crippen molar-refractivity contribution in [3.05, 3.63) is 0 Å². The van der Waals surface area contributed by atoms with E-state index < -0.39 is 0 Å². The van der Waals surface area contributed by atoms with Gasteiger partial charge in [0.15, 0.2) is 0 Å². The van der Waals surface area contributed by atoms with Crippen LogP contribution in [-0.4, -0.2) is 35.5 Å². The van der Waals surface area contributed by atoms with Gasteiger partial charge in [-0.3, -0.25) is 0 Å². The van der Waals surface area contributed by atoms with Gasteiger partial charge in [0.25, 0.3) is 0 Å². The van der Waals surface area contributed by atoms with Gasteiger partial charge in [-0.2, -0.15) is 0 Å². The quantitative estimate of drug-likeness (QED) is 0.0765. The molecule has 0 saturated carbocycles. The van der Waals surface area contributed by atoms with E-state index in [9.17, 15) is 10.2 Å². The van der Waals surface area contributed by atoms with Gasteiger partial charge in [-0.05, 0) is 25.7 Å². The Hall–Kier alpha value is -0.120. The van der Waals surface area contributed by atoms with Crippen LogP contribution in [0.2, 0.25) is 0 Å². The third-order valence-electron chi connectivity index (χ3n) is 8.24. The monoisotopic (exact) mass is 526 g/mol. The van der Waals surface area contributed by atoms with Crippen molar-refractivity contribution < 1.29 is 10.2 Å². The second-order valence-corrected chi connectivity index (χ2v) is 11.9. The molecule has 0 aliphatic carbocycles. The minimum Gasteiger partial charge on any atom is -0.396 e. The van der Waals surface area contributed by atoms with Crippen LogP contribution < -0.4 is 5.32 Å². The van der Waals surface area contributed by atoms with Crippen molar-refractivity contribution in [3.63, 3.8) is 0 Å². The number of rotatable bonds is 32. The fourth-order valence-corrected chi connectivity index (χ4v) is 5.73. The predicted molar refractivity (Wildman–Crippen MR) is 166 cm³/mol. The molecule has 2 atom stereocenters. The van der Waals surface area contributed by atoms with Gasteiger partial charge >= 0.3 is 0 Å². The van der Waals surface area contributed by atoms with Crippen LogP contribution in [0.15, 0.2) is 0 Å². The van der Waals surface area contributed by atoms with Gasteiger partial charge in [0, 0.05) is 25.3 Å². The van der Waals surface area contributed by atoms with E-state index >= 15 is 0 Å². The summed E-state index contributed by atoms with van der Waals surface area (Å²) in [5, 5.41) is 23.0. The molecule has 0 aromatic heterocycles. The molecule has 0 heterocycles. The van der Waals surface area contributed by atoms with Crippen molar-refractivity contribution in [2.24, 2.45) is 0 Å². The van der Waals surface area contributed by atoms with E-state index in [2.05, 4.69) is 19.2 Å². The molecule has 224 valence electrons. The average molecular weight is 526 g/mol. The Morgan fingerprint density at radius 2 is 0.595 bits per heavy atom. The molecular formula is C34H71NO2. The fraction of sp³-hybridized carbons (Fsp3) is 1.00. The fourth-order valence-electron chi connectivity index (χ4n) is 5.73. The molecule has 3 nitrogen and oxygen atoms in total. The summed E-state index contributed by atoms with van der Waals surface area (Å²) in [4.78, 5) is 0. The van der Waals surface area contributed by atoms with Gasteiger partial charge in [0.05, 0.1) is 0 Å². The van der Waals surface area contributed by atoms with Gasteiger partial charge < -0.3 is 15.5 Å². The summed E-state index contributed by atoms with van der Waals surface area (Å²) in [6, 6.07) is 0.809. The lowest BCUT2D eigenvalue weighted by atomic mass is 9.99. The van der Waals surface area contributed by atoms with Gasteiger partial charge in [-0.1, -0.05) is 168 Å². The second kappa shape index (κ2) is 32.1. The Bertz CT molecular complexity index is 367. The Morgan fingerprint density at radius 3 is 0.838 bits per heavy atom. The Labute approximate surface area is 234 Å². The highest BCUT2D eigenvalue weighted by Gasteiger charge is 2.14. The van der Waals surface area contributed by atoms with E-state index in [0.29, 0.717) is 12.1 Å². The van der Waals surface area contributed by atoms with E-state index in [-0.39, 0.29) is 13.2 Å². The SMILES string of the molecule is CCCCCCCCCCCCCCC(CCO)NC(CCO)CCCCCCCCCCCCCC. The van der Waals surface area contributed by atoms with Crippen LogP contribution in [-0.2, 0) is 0 Å². The number of unbranched alkanes of at least 4 members (excludes halogenated alkanes) is 22. The first-order chi connectivity index (χ1) is 18.3. The molecule has 0 aromatic rings. The van der Waals surface area contributed by atoms with Crippen molar-refractivity contribution in [2.75, 3.05) is 13.2 Å². The third kappa shape index (κ3) is 28.7. The number of aliphatic hydroxyl groups excluding tert-OH is 2. The average Bonchev–Trinajstić information content (AvgIpc) is 2.90. The molecule has 0 aliphatic heterocycles. The second-order valence-electron chi connectivity index (χ2n) is 11.9. The van der Waals surface area contributed by atoms with Crippen molar-refractivity contribution in [2.45, 2.75) is 206 Å². The molecule has 37 heavy (non-hydrogen) atoms. The number of hydrogen-bond acceptors (Lipinski definition) is 3. The summed E-state index contributed by atoms with van der Waals surface area (Å²) >= 11 is 0. The van der Waals surface area contributed by atoms with E-state index in [1.165, 1.54) is 167 Å².